The topological polar surface area (TPSA) is 82.5 Å². The summed E-state index contributed by atoms with van der Waals surface area (Å²) in [6.45, 7) is 5.62. The number of amides is 1. The van der Waals surface area contributed by atoms with Gasteiger partial charge in [0.25, 0.3) is 5.56 Å². The average molecular weight is 407 g/mol. The maximum Gasteiger partial charge on any atom is 0.267 e. The van der Waals surface area contributed by atoms with Gasteiger partial charge in [-0.15, -0.1) is 0 Å². The molecule has 0 radical (unpaired) electrons. The third-order valence-corrected chi connectivity index (χ3v) is 4.89. The molecule has 3 aromatic rings. The van der Waals surface area contributed by atoms with E-state index in [0.29, 0.717) is 22.9 Å². The van der Waals surface area contributed by atoms with Gasteiger partial charge in [0.1, 0.15) is 6.04 Å². The molecule has 0 spiro atoms. The van der Waals surface area contributed by atoms with Gasteiger partial charge in [0, 0.05) is 23.4 Å². The highest BCUT2D eigenvalue weighted by atomic mass is 16.5. The first kappa shape index (κ1) is 21.1. The Bertz CT molecular complexity index is 1140. The lowest BCUT2D eigenvalue weighted by atomic mass is 10.0. The molecule has 30 heavy (non-hydrogen) atoms. The molecular formula is C23H25N3O4. The fourth-order valence-corrected chi connectivity index (χ4v) is 3.13. The van der Waals surface area contributed by atoms with Crippen LogP contribution in [0.3, 0.4) is 0 Å². The number of nitrogens with zero attached hydrogens (tertiary/aromatic N) is 2. The SMILES string of the molecule is COc1ccc(NC(=O)[C@H](C)n2nc(-c3cc(C)ccc3C)ccc2=O)cc1OC. The normalized spacial score (nSPS) is 11.6. The van der Waals surface area contributed by atoms with Gasteiger partial charge in [-0.2, -0.15) is 5.10 Å². The molecule has 0 bridgehead atoms. The quantitative estimate of drug-likeness (QED) is 0.673. The van der Waals surface area contributed by atoms with Crippen LogP contribution in [0.1, 0.15) is 24.1 Å². The summed E-state index contributed by atoms with van der Waals surface area (Å²) in [5.74, 6) is 0.688. The molecule has 0 aliphatic heterocycles. The van der Waals surface area contributed by atoms with Crippen molar-refractivity contribution in [1.82, 2.24) is 9.78 Å². The van der Waals surface area contributed by atoms with Crippen molar-refractivity contribution >= 4 is 11.6 Å². The molecule has 1 aromatic heterocycles. The van der Waals surface area contributed by atoms with Gasteiger partial charge in [-0.25, -0.2) is 4.68 Å². The van der Waals surface area contributed by atoms with Gasteiger partial charge in [-0.1, -0.05) is 17.7 Å². The van der Waals surface area contributed by atoms with Crippen molar-refractivity contribution in [3.05, 3.63) is 70.0 Å². The molecule has 1 amide bonds. The molecule has 3 rings (SSSR count). The fourth-order valence-electron chi connectivity index (χ4n) is 3.13. The molecule has 1 atom stereocenters. The van der Waals surface area contributed by atoms with Gasteiger partial charge in [0.2, 0.25) is 5.91 Å². The van der Waals surface area contributed by atoms with Crippen molar-refractivity contribution in [2.45, 2.75) is 26.8 Å². The Morgan fingerprint density at radius 3 is 2.43 bits per heavy atom. The van der Waals surface area contributed by atoms with E-state index in [-0.39, 0.29) is 11.5 Å². The van der Waals surface area contributed by atoms with Gasteiger partial charge in [0.05, 0.1) is 19.9 Å². The molecule has 0 aliphatic rings. The van der Waals surface area contributed by atoms with Crippen LogP contribution in [-0.4, -0.2) is 29.9 Å². The van der Waals surface area contributed by atoms with Crippen LogP contribution >= 0.6 is 0 Å². The lowest BCUT2D eigenvalue weighted by Crippen LogP contribution is -2.33. The molecule has 7 nitrogen and oxygen atoms in total. The number of hydrogen-bond donors (Lipinski definition) is 1. The number of hydrogen-bond acceptors (Lipinski definition) is 5. The lowest BCUT2D eigenvalue weighted by Gasteiger charge is -2.16. The first-order valence-corrected chi connectivity index (χ1v) is 9.54. The van der Waals surface area contributed by atoms with Crippen molar-refractivity contribution in [1.29, 1.82) is 0 Å². The highest BCUT2D eigenvalue weighted by molar-refractivity contribution is 5.93. The predicted molar refractivity (Wildman–Crippen MR) is 116 cm³/mol. The Kier molecular flexibility index (Phi) is 6.20. The highest BCUT2D eigenvalue weighted by Gasteiger charge is 2.19. The molecule has 1 N–H and O–H groups in total. The van der Waals surface area contributed by atoms with E-state index < -0.39 is 6.04 Å². The molecule has 7 heteroatoms. The third-order valence-electron chi connectivity index (χ3n) is 4.89. The Morgan fingerprint density at radius 1 is 1.00 bits per heavy atom. The van der Waals surface area contributed by atoms with E-state index in [1.165, 1.54) is 17.9 Å². The molecule has 0 unspecified atom stereocenters. The summed E-state index contributed by atoms with van der Waals surface area (Å²) in [5, 5.41) is 7.27. The van der Waals surface area contributed by atoms with E-state index in [4.69, 9.17) is 9.47 Å². The van der Waals surface area contributed by atoms with Crippen molar-refractivity contribution in [3.8, 4) is 22.8 Å². The van der Waals surface area contributed by atoms with Crippen LogP contribution in [-0.2, 0) is 4.79 Å². The number of anilines is 1. The maximum atomic E-state index is 12.8. The highest BCUT2D eigenvalue weighted by Crippen LogP contribution is 2.30. The maximum absolute atomic E-state index is 12.8. The second-order valence-electron chi connectivity index (χ2n) is 7.05. The number of aryl methyl sites for hydroxylation is 2. The van der Waals surface area contributed by atoms with E-state index in [2.05, 4.69) is 10.4 Å². The number of nitrogens with one attached hydrogen (secondary N) is 1. The first-order chi connectivity index (χ1) is 14.3. The van der Waals surface area contributed by atoms with Crippen molar-refractivity contribution in [2.24, 2.45) is 0 Å². The third kappa shape index (κ3) is 4.35. The number of methoxy groups -OCH3 is 2. The molecule has 1 heterocycles. The van der Waals surface area contributed by atoms with Crippen LogP contribution in [0.5, 0.6) is 11.5 Å². The lowest BCUT2D eigenvalue weighted by molar-refractivity contribution is -0.119. The summed E-state index contributed by atoms with van der Waals surface area (Å²) in [7, 11) is 3.06. The van der Waals surface area contributed by atoms with Crippen LogP contribution in [0.2, 0.25) is 0 Å². The standard InChI is InChI=1S/C23H25N3O4/c1-14-6-7-15(2)18(12-14)19-9-11-22(27)26(25-19)16(3)23(28)24-17-8-10-20(29-4)21(13-17)30-5/h6-13,16H,1-5H3,(H,24,28)/t16-/m0/s1. The molecule has 156 valence electrons. The zero-order valence-corrected chi connectivity index (χ0v) is 17.7. The molecule has 0 fully saturated rings. The fraction of sp³-hybridized carbons (Fsp3) is 0.261. The Hall–Kier alpha value is -3.61. The monoisotopic (exact) mass is 407 g/mol. The minimum absolute atomic E-state index is 0.348. The Balaban J connectivity index is 1.89. The minimum atomic E-state index is -0.810. The summed E-state index contributed by atoms with van der Waals surface area (Å²) >= 11 is 0. The number of benzene rings is 2. The van der Waals surface area contributed by atoms with Crippen molar-refractivity contribution < 1.29 is 14.3 Å². The number of aromatic nitrogens is 2. The van der Waals surface area contributed by atoms with Gasteiger partial charge in [0.15, 0.2) is 11.5 Å². The minimum Gasteiger partial charge on any atom is -0.493 e. The van der Waals surface area contributed by atoms with Crippen molar-refractivity contribution in [3.63, 3.8) is 0 Å². The number of rotatable bonds is 6. The summed E-state index contributed by atoms with van der Waals surface area (Å²) in [6.07, 6.45) is 0. The largest absolute Gasteiger partial charge is 0.493 e. The second kappa shape index (κ2) is 8.82. The first-order valence-electron chi connectivity index (χ1n) is 9.54. The van der Waals surface area contributed by atoms with Crippen molar-refractivity contribution in [2.75, 3.05) is 19.5 Å². The Morgan fingerprint density at radius 2 is 1.73 bits per heavy atom. The van der Waals surface area contributed by atoms with E-state index in [1.54, 1.807) is 38.3 Å². The molecular weight excluding hydrogens is 382 g/mol. The van der Waals surface area contributed by atoms with Crippen LogP contribution < -0.4 is 20.3 Å². The second-order valence-corrected chi connectivity index (χ2v) is 7.05. The van der Waals surface area contributed by atoms with Gasteiger partial charge < -0.3 is 14.8 Å². The zero-order valence-electron chi connectivity index (χ0n) is 17.7. The van der Waals surface area contributed by atoms with E-state index in [9.17, 15) is 9.59 Å². The van der Waals surface area contributed by atoms with Crippen LogP contribution in [0.25, 0.3) is 11.3 Å². The number of ether oxygens (including phenoxy) is 2. The Labute approximate surface area is 175 Å². The predicted octanol–water partition coefficient (Wildman–Crippen LogP) is 3.74. The molecule has 0 saturated heterocycles. The van der Waals surface area contributed by atoms with E-state index >= 15 is 0 Å². The smallest absolute Gasteiger partial charge is 0.267 e. The van der Waals surface area contributed by atoms with Gasteiger partial charge >= 0.3 is 0 Å². The average Bonchev–Trinajstić information content (AvgIpc) is 2.75. The molecule has 0 saturated carbocycles. The van der Waals surface area contributed by atoms with E-state index in [1.807, 2.05) is 32.0 Å². The summed E-state index contributed by atoms with van der Waals surface area (Å²) < 4.78 is 11.7. The van der Waals surface area contributed by atoms with Crippen LogP contribution in [0.15, 0.2) is 53.3 Å². The van der Waals surface area contributed by atoms with Crippen LogP contribution in [0.4, 0.5) is 5.69 Å². The van der Waals surface area contributed by atoms with E-state index in [0.717, 1.165) is 16.7 Å². The number of carbonyl (C=O) groups excluding carboxylic acids is 1. The number of carbonyl (C=O) groups is 1. The summed E-state index contributed by atoms with van der Waals surface area (Å²) in [6, 6.07) is 13.4. The van der Waals surface area contributed by atoms with Crippen LogP contribution in [0, 0.1) is 13.8 Å². The summed E-state index contributed by atoms with van der Waals surface area (Å²) in [5.41, 5.74) is 3.88. The summed E-state index contributed by atoms with van der Waals surface area (Å²) in [4.78, 5) is 25.2. The molecule has 2 aromatic carbocycles. The molecule has 0 aliphatic carbocycles. The van der Waals surface area contributed by atoms with Gasteiger partial charge in [-0.05, 0) is 50.6 Å². The zero-order chi connectivity index (χ0) is 21.8. The van der Waals surface area contributed by atoms with Gasteiger partial charge in [-0.3, -0.25) is 9.59 Å².